The second-order valence-corrected chi connectivity index (χ2v) is 6.97. The summed E-state index contributed by atoms with van der Waals surface area (Å²) in [6.07, 6.45) is 1.94. The second kappa shape index (κ2) is 5.93. The molecule has 0 aliphatic heterocycles. The molecule has 0 aliphatic carbocycles. The lowest BCUT2D eigenvalue weighted by Crippen LogP contribution is -2.52. The quantitative estimate of drug-likeness (QED) is 0.747. The highest BCUT2D eigenvalue weighted by molar-refractivity contribution is 5.83. The predicted molar refractivity (Wildman–Crippen MR) is 76.9 cm³/mol. The number of carboxylic acid groups (broad SMARTS) is 1. The van der Waals surface area contributed by atoms with Gasteiger partial charge in [-0.15, -0.1) is 0 Å². The van der Waals surface area contributed by atoms with E-state index < -0.39 is 16.9 Å². The Balaban J connectivity index is 4.88. The Morgan fingerprint density at radius 3 is 1.74 bits per heavy atom. The average Bonchev–Trinajstić information content (AvgIpc) is 2.25. The van der Waals surface area contributed by atoms with Crippen LogP contribution in [0, 0.1) is 10.8 Å². The highest BCUT2D eigenvalue weighted by Crippen LogP contribution is 2.31. The fourth-order valence-corrected chi connectivity index (χ4v) is 2.25. The number of carbonyl (C=O) groups excluding carboxylic acids is 1. The molecule has 0 aromatic carbocycles. The standard InChI is InChI=1S/C15H29NO3/c1-8-15(7,9-2)11(17)16-14(5,6)10-13(3,4)12(18)19/h8-10H2,1-7H3,(H,16,17)(H,18,19). The van der Waals surface area contributed by atoms with Crippen molar-refractivity contribution in [2.75, 3.05) is 0 Å². The van der Waals surface area contributed by atoms with E-state index >= 15 is 0 Å². The van der Waals surface area contributed by atoms with E-state index in [1.807, 2.05) is 34.6 Å². The number of rotatable bonds is 7. The first kappa shape index (κ1) is 17.9. The van der Waals surface area contributed by atoms with Crippen LogP contribution < -0.4 is 5.32 Å². The van der Waals surface area contributed by atoms with Gasteiger partial charge in [0.05, 0.1) is 5.41 Å². The van der Waals surface area contributed by atoms with Crippen molar-refractivity contribution in [2.45, 2.75) is 73.3 Å². The van der Waals surface area contributed by atoms with E-state index in [9.17, 15) is 14.7 Å². The van der Waals surface area contributed by atoms with Crippen LogP contribution in [0.5, 0.6) is 0 Å². The van der Waals surface area contributed by atoms with Gasteiger partial charge in [0, 0.05) is 11.0 Å². The van der Waals surface area contributed by atoms with Crippen molar-refractivity contribution >= 4 is 11.9 Å². The van der Waals surface area contributed by atoms with Crippen molar-refractivity contribution in [3.05, 3.63) is 0 Å². The highest BCUT2D eigenvalue weighted by atomic mass is 16.4. The van der Waals surface area contributed by atoms with Crippen LogP contribution in [0.15, 0.2) is 0 Å². The van der Waals surface area contributed by atoms with Gasteiger partial charge >= 0.3 is 5.97 Å². The van der Waals surface area contributed by atoms with Gasteiger partial charge in [0.15, 0.2) is 0 Å². The van der Waals surface area contributed by atoms with Crippen LogP contribution in [-0.2, 0) is 9.59 Å². The molecule has 2 N–H and O–H groups in total. The van der Waals surface area contributed by atoms with E-state index in [-0.39, 0.29) is 11.3 Å². The molecular formula is C15H29NO3. The number of nitrogens with one attached hydrogen (secondary N) is 1. The summed E-state index contributed by atoms with van der Waals surface area (Å²) < 4.78 is 0. The second-order valence-electron chi connectivity index (χ2n) is 6.97. The number of amides is 1. The van der Waals surface area contributed by atoms with E-state index in [1.54, 1.807) is 13.8 Å². The van der Waals surface area contributed by atoms with Gasteiger partial charge in [-0.1, -0.05) is 20.8 Å². The summed E-state index contributed by atoms with van der Waals surface area (Å²) in [5, 5.41) is 12.2. The third-order valence-electron chi connectivity index (χ3n) is 4.02. The van der Waals surface area contributed by atoms with Crippen molar-refractivity contribution in [1.29, 1.82) is 0 Å². The maximum Gasteiger partial charge on any atom is 0.309 e. The van der Waals surface area contributed by atoms with Gasteiger partial charge in [0.25, 0.3) is 0 Å². The predicted octanol–water partition coefficient (Wildman–Crippen LogP) is 3.21. The molecule has 0 aromatic heterocycles. The number of carbonyl (C=O) groups is 2. The molecule has 0 radical (unpaired) electrons. The molecule has 0 bridgehead atoms. The maximum absolute atomic E-state index is 12.3. The fraction of sp³-hybridized carbons (Fsp3) is 0.867. The molecule has 0 fully saturated rings. The Labute approximate surface area is 117 Å². The normalized spacial score (nSPS) is 13.2. The maximum atomic E-state index is 12.3. The Bertz CT molecular complexity index is 341. The molecule has 0 spiro atoms. The topological polar surface area (TPSA) is 66.4 Å². The highest BCUT2D eigenvalue weighted by Gasteiger charge is 2.38. The average molecular weight is 271 g/mol. The minimum atomic E-state index is -0.856. The molecule has 112 valence electrons. The molecule has 0 atom stereocenters. The third-order valence-corrected chi connectivity index (χ3v) is 4.02. The fourth-order valence-electron chi connectivity index (χ4n) is 2.25. The van der Waals surface area contributed by atoms with E-state index in [0.717, 1.165) is 12.8 Å². The van der Waals surface area contributed by atoms with Crippen LogP contribution in [0.25, 0.3) is 0 Å². The number of carboxylic acids is 1. The molecule has 0 aromatic rings. The summed E-state index contributed by atoms with van der Waals surface area (Å²) in [5.74, 6) is -0.841. The molecule has 0 aliphatic rings. The van der Waals surface area contributed by atoms with E-state index in [0.29, 0.717) is 6.42 Å². The lowest BCUT2D eigenvalue weighted by molar-refractivity contribution is -0.149. The van der Waals surface area contributed by atoms with E-state index in [1.165, 1.54) is 0 Å². The third kappa shape index (κ3) is 4.84. The Morgan fingerprint density at radius 1 is 1.00 bits per heavy atom. The largest absolute Gasteiger partial charge is 0.481 e. The van der Waals surface area contributed by atoms with Crippen molar-refractivity contribution in [1.82, 2.24) is 5.32 Å². The molecule has 19 heavy (non-hydrogen) atoms. The van der Waals surface area contributed by atoms with Gasteiger partial charge in [-0.25, -0.2) is 0 Å². The number of hydrogen-bond acceptors (Lipinski definition) is 2. The zero-order valence-electron chi connectivity index (χ0n) is 13.4. The molecular weight excluding hydrogens is 242 g/mol. The molecule has 0 saturated carbocycles. The van der Waals surface area contributed by atoms with Crippen molar-refractivity contribution < 1.29 is 14.7 Å². The first-order valence-corrected chi connectivity index (χ1v) is 6.96. The molecule has 4 nitrogen and oxygen atoms in total. The number of hydrogen-bond donors (Lipinski definition) is 2. The van der Waals surface area contributed by atoms with E-state index in [2.05, 4.69) is 5.32 Å². The first-order chi connectivity index (χ1) is 8.40. The van der Waals surface area contributed by atoms with Crippen LogP contribution in [-0.4, -0.2) is 22.5 Å². The van der Waals surface area contributed by atoms with E-state index in [4.69, 9.17) is 0 Å². The van der Waals surface area contributed by atoms with Crippen LogP contribution in [0.3, 0.4) is 0 Å². The smallest absolute Gasteiger partial charge is 0.309 e. The monoisotopic (exact) mass is 271 g/mol. The first-order valence-electron chi connectivity index (χ1n) is 6.96. The zero-order valence-corrected chi connectivity index (χ0v) is 13.4. The molecule has 4 heteroatoms. The molecule has 0 unspecified atom stereocenters. The van der Waals surface area contributed by atoms with Gasteiger partial charge in [0.1, 0.15) is 0 Å². The van der Waals surface area contributed by atoms with Crippen molar-refractivity contribution in [3.8, 4) is 0 Å². The summed E-state index contributed by atoms with van der Waals surface area (Å²) in [4.78, 5) is 23.5. The van der Waals surface area contributed by atoms with Gasteiger partial charge < -0.3 is 10.4 Å². The molecule has 1 amide bonds. The Morgan fingerprint density at radius 2 is 1.42 bits per heavy atom. The molecule has 0 rings (SSSR count). The van der Waals surface area contributed by atoms with Crippen LogP contribution >= 0.6 is 0 Å². The Hall–Kier alpha value is -1.06. The number of aliphatic carboxylic acids is 1. The van der Waals surface area contributed by atoms with Gasteiger partial charge in [-0.3, -0.25) is 9.59 Å². The summed E-state index contributed by atoms with van der Waals surface area (Å²) in [5.41, 5.74) is -1.78. The summed E-state index contributed by atoms with van der Waals surface area (Å²) in [6, 6.07) is 0. The van der Waals surface area contributed by atoms with Crippen LogP contribution in [0.2, 0.25) is 0 Å². The van der Waals surface area contributed by atoms with Crippen molar-refractivity contribution in [2.24, 2.45) is 10.8 Å². The minimum Gasteiger partial charge on any atom is -0.481 e. The summed E-state index contributed by atoms with van der Waals surface area (Å²) in [7, 11) is 0. The lowest BCUT2D eigenvalue weighted by atomic mass is 9.78. The zero-order chi connectivity index (χ0) is 15.5. The SMILES string of the molecule is CCC(C)(CC)C(=O)NC(C)(C)CC(C)(C)C(=O)O. The van der Waals surface area contributed by atoms with Gasteiger partial charge in [0.2, 0.25) is 5.91 Å². The Kier molecular flexibility index (Phi) is 5.60. The lowest BCUT2D eigenvalue weighted by Gasteiger charge is -2.36. The molecule has 0 heterocycles. The minimum absolute atomic E-state index is 0.00342. The van der Waals surface area contributed by atoms with Gasteiger partial charge in [-0.05, 0) is 47.0 Å². The summed E-state index contributed by atoms with van der Waals surface area (Å²) in [6.45, 7) is 13.1. The van der Waals surface area contributed by atoms with Crippen LogP contribution in [0.4, 0.5) is 0 Å². The van der Waals surface area contributed by atoms with Gasteiger partial charge in [-0.2, -0.15) is 0 Å². The van der Waals surface area contributed by atoms with Crippen LogP contribution in [0.1, 0.15) is 67.7 Å². The summed E-state index contributed by atoms with van der Waals surface area (Å²) >= 11 is 0. The molecule has 0 saturated heterocycles. The van der Waals surface area contributed by atoms with Crippen molar-refractivity contribution in [3.63, 3.8) is 0 Å².